The van der Waals surface area contributed by atoms with Gasteiger partial charge in [0.2, 0.25) is 0 Å². The minimum absolute atomic E-state index is 0.138. The van der Waals surface area contributed by atoms with E-state index in [9.17, 15) is 9.59 Å². The molecule has 0 saturated heterocycles. The summed E-state index contributed by atoms with van der Waals surface area (Å²) in [6.07, 6.45) is 0.618. The van der Waals surface area contributed by atoms with Crippen LogP contribution in [-0.4, -0.2) is 37.1 Å². The van der Waals surface area contributed by atoms with Gasteiger partial charge in [-0.25, -0.2) is 4.79 Å². The molecule has 0 aliphatic carbocycles. The van der Waals surface area contributed by atoms with E-state index < -0.39 is 0 Å². The van der Waals surface area contributed by atoms with Gasteiger partial charge < -0.3 is 15.0 Å². The summed E-state index contributed by atoms with van der Waals surface area (Å²) in [5, 5.41) is 2.83. The predicted octanol–water partition coefficient (Wildman–Crippen LogP) is 2.91. The molecule has 0 bridgehead atoms. The highest BCUT2D eigenvalue weighted by Gasteiger charge is 2.14. The number of amides is 2. The van der Waals surface area contributed by atoms with Gasteiger partial charge in [0.05, 0.1) is 13.0 Å². The van der Waals surface area contributed by atoms with Crippen LogP contribution in [0, 0.1) is 5.92 Å². The molecule has 0 aliphatic rings. The van der Waals surface area contributed by atoms with Gasteiger partial charge in [-0.3, -0.25) is 4.79 Å². The van der Waals surface area contributed by atoms with E-state index in [0.717, 1.165) is 11.3 Å². The number of carbonyl (C=O) groups excluding carboxylic acids is 2. The van der Waals surface area contributed by atoms with Gasteiger partial charge in [0.1, 0.15) is 0 Å². The maximum Gasteiger partial charge on any atom is 0.321 e. The average molecular weight is 292 g/mol. The first-order chi connectivity index (χ1) is 9.85. The Balaban J connectivity index is 2.62. The number of ether oxygens (including phenoxy) is 1. The Hall–Kier alpha value is -2.04. The van der Waals surface area contributed by atoms with Gasteiger partial charge in [-0.15, -0.1) is 0 Å². The predicted molar refractivity (Wildman–Crippen MR) is 83.2 cm³/mol. The van der Waals surface area contributed by atoms with E-state index in [1.807, 2.05) is 45.0 Å². The number of rotatable bonds is 5. The number of carbonyl (C=O) groups is 2. The molecule has 21 heavy (non-hydrogen) atoms. The Labute approximate surface area is 126 Å². The average Bonchev–Trinajstić information content (AvgIpc) is 2.47. The number of hydrogen-bond donors (Lipinski definition) is 1. The number of esters is 1. The number of benzene rings is 1. The number of hydrogen-bond acceptors (Lipinski definition) is 3. The quantitative estimate of drug-likeness (QED) is 0.849. The zero-order chi connectivity index (χ0) is 16.0. The molecule has 1 aromatic carbocycles. The summed E-state index contributed by atoms with van der Waals surface area (Å²) in [6, 6.07) is 7.50. The summed E-state index contributed by atoms with van der Waals surface area (Å²) >= 11 is 0. The topological polar surface area (TPSA) is 58.6 Å². The molecule has 0 unspecified atom stereocenters. The summed E-state index contributed by atoms with van der Waals surface area (Å²) < 4.78 is 4.71. The summed E-state index contributed by atoms with van der Waals surface area (Å²) in [6.45, 7) is 5.74. The van der Waals surface area contributed by atoms with E-state index in [0.29, 0.717) is 6.42 Å². The molecular formula is C16H24N2O3. The first-order valence-corrected chi connectivity index (χ1v) is 7.05. The molecule has 0 aliphatic heterocycles. The molecule has 5 heteroatoms. The van der Waals surface area contributed by atoms with Gasteiger partial charge in [0.15, 0.2) is 0 Å². The van der Waals surface area contributed by atoms with E-state index in [-0.39, 0.29) is 24.0 Å². The minimum atomic E-state index is -0.217. The van der Waals surface area contributed by atoms with E-state index >= 15 is 0 Å². The fourth-order valence-electron chi connectivity index (χ4n) is 1.81. The molecule has 0 spiro atoms. The summed E-state index contributed by atoms with van der Waals surface area (Å²) in [7, 11) is 3.15. The lowest BCUT2D eigenvalue weighted by molar-refractivity contribution is -0.144. The second-order valence-corrected chi connectivity index (χ2v) is 5.46. The Morgan fingerprint density at radius 2 is 1.76 bits per heavy atom. The Morgan fingerprint density at radius 3 is 2.24 bits per heavy atom. The van der Waals surface area contributed by atoms with Gasteiger partial charge >= 0.3 is 12.0 Å². The molecule has 1 rings (SSSR count). The van der Waals surface area contributed by atoms with E-state index in [4.69, 9.17) is 4.74 Å². The van der Waals surface area contributed by atoms with Crippen molar-refractivity contribution < 1.29 is 14.3 Å². The Morgan fingerprint density at radius 1 is 1.19 bits per heavy atom. The van der Waals surface area contributed by atoms with Gasteiger partial charge in [0, 0.05) is 18.8 Å². The van der Waals surface area contributed by atoms with Gasteiger partial charge in [-0.1, -0.05) is 19.1 Å². The van der Waals surface area contributed by atoms with E-state index in [1.54, 1.807) is 11.9 Å². The van der Waals surface area contributed by atoms with Crippen LogP contribution in [0.1, 0.15) is 26.3 Å². The summed E-state index contributed by atoms with van der Waals surface area (Å²) in [4.78, 5) is 24.9. The fourth-order valence-corrected chi connectivity index (χ4v) is 1.81. The van der Waals surface area contributed by atoms with Crippen LogP contribution in [0.15, 0.2) is 24.3 Å². The van der Waals surface area contributed by atoms with Crippen molar-refractivity contribution in [2.24, 2.45) is 5.92 Å². The van der Waals surface area contributed by atoms with Crippen LogP contribution in [0.25, 0.3) is 0 Å². The van der Waals surface area contributed by atoms with Gasteiger partial charge in [-0.2, -0.15) is 0 Å². The standard InChI is InChI=1S/C16H24N2O3/c1-11(2)18(4)16(20)17-14-8-6-13(7-9-14)10-12(3)15(19)21-5/h6-9,11-12H,10H2,1-5H3,(H,17,20)/t12-/m0/s1. The molecule has 116 valence electrons. The molecule has 0 radical (unpaired) electrons. The van der Waals surface area contributed by atoms with Crippen LogP contribution in [0.3, 0.4) is 0 Å². The second-order valence-electron chi connectivity index (χ2n) is 5.46. The maximum atomic E-state index is 11.9. The van der Waals surface area contributed by atoms with E-state index in [2.05, 4.69) is 5.32 Å². The third-order valence-corrected chi connectivity index (χ3v) is 3.45. The first-order valence-electron chi connectivity index (χ1n) is 7.05. The summed E-state index contributed by atoms with van der Waals surface area (Å²) in [5.74, 6) is -0.395. The number of anilines is 1. The van der Waals surface area contributed by atoms with Crippen molar-refractivity contribution in [3.05, 3.63) is 29.8 Å². The highest BCUT2D eigenvalue weighted by Crippen LogP contribution is 2.14. The zero-order valence-corrected chi connectivity index (χ0v) is 13.3. The Bertz CT molecular complexity index is 483. The lowest BCUT2D eigenvalue weighted by atomic mass is 10.0. The molecule has 1 atom stereocenters. The van der Waals surface area contributed by atoms with Crippen molar-refractivity contribution in [3.8, 4) is 0 Å². The van der Waals surface area contributed by atoms with Crippen LogP contribution in [0.5, 0.6) is 0 Å². The monoisotopic (exact) mass is 292 g/mol. The molecule has 0 aromatic heterocycles. The van der Waals surface area contributed by atoms with Crippen LogP contribution in [-0.2, 0) is 16.0 Å². The number of urea groups is 1. The largest absolute Gasteiger partial charge is 0.469 e. The zero-order valence-electron chi connectivity index (χ0n) is 13.3. The second kappa shape index (κ2) is 7.67. The Kier molecular flexibility index (Phi) is 6.21. The van der Waals surface area contributed by atoms with Crippen molar-refractivity contribution in [2.75, 3.05) is 19.5 Å². The van der Waals surface area contributed by atoms with Crippen molar-refractivity contribution in [3.63, 3.8) is 0 Å². The van der Waals surface area contributed by atoms with Crippen molar-refractivity contribution in [1.82, 2.24) is 4.90 Å². The summed E-state index contributed by atoms with van der Waals surface area (Å²) in [5.41, 5.74) is 1.77. The van der Waals surface area contributed by atoms with Crippen molar-refractivity contribution >= 4 is 17.7 Å². The van der Waals surface area contributed by atoms with Gasteiger partial charge in [0.25, 0.3) is 0 Å². The van der Waals surface area contributed by atoms with E-state index in [1.165, 1.54) is 7.11 Å². The van der Waals surface area contributed by atoms with Crippen LogP contribution < -0.4 is 5.32 Å². The molecule has 1 N–H and O–H groups in total. The smallest absolute Gasteiger partial charge is 0.321 e. The third-order valence-electron chi connectivity index (χ3n) is 3.45. The molecule has 5 nitrogen and oxygen atoms in total. The molecule has 0 fully saturated rings. The maximum absolute atomic E-state index is 11.9. The highest BCUT2D eigenvalue weighted by atomic mass is 16.5. The lowest BCUT2D eigenvalue weighted by Gasteiger charge is -2.21. The van der Waals surface area contributed by atoms with Crippen molar-refractivity contribution in [2.45, 2.75) is 33.2 Å². The number of nitrogens with zero attached hydrogens (tertiary/aromatic N) is 1. The first kappa shape index (κ1) is 17.0. The van der Waals surface area contributed by atoms with Gasteiger partial charge in [-0.05, 0) is 38.0 Å². The third kappa shape index (κ3) is 5.10. The SMILES string of the molecule is COC(=O)[C@@H](C)Cc1ccc(NC(=O)N(C)C(C)C)cc1. The molecule has 0 heterocycles. The number of methoxy groups -OCH3 is 1. The molecular weight excluding hydrogens is 268 g/mol. The minimum Gasteiger partial charge on any atom is -0.469 e. The molecule has 0 saturated carbocycles. The molecule has 1 aromatic rings. The van der Waals surface area contributed by atoms with Crippen LogP contribution in [0.4, 0.5) is 10.5 Å². The fraction of sp³-hybridized carbons (Fsp3) is 0.500. The van der Waals surface area contributed by atoms with Crippen LogP contribution >= 0.6 is 0 Å². The van der Waals surface area contributed by atoms with Crippen molar-refractivity contribution in [1.29, 1.82) is 0 Å². The van der Waals surface area contributed by atoms with Crippen LogP contribution in [0.2, 0.25) is 0 Å². The molecule has 2 amide bonds. The number of nitrogens with one attached hydrogen (secondary N) is 1. The highest BCUT2D eigenvalue weighted by molar-refractivity contribution is 5.89. The normalized spacial score (nSPS) is 11.9. The lowest BCUT2D eigenvalue weighted by Crippen LogP contribution is -2.36.